The van der Waals surface area contributed by atoms with Crippen molar-refractivity contribution in [1.29, 1.82) is 0 Å². The van der Waals surface area contributed by atoms with E-state index in [1.54, 1.807) is 0 Å². The van der Waals surface area contributed by atoms with Gasteiger partial charge in [0.25, 0.3) is 0 Å². The number of hydrogen-bond donors (Lipinski definition) is 1. The summed E-state index contributed by atoms with van der Waals surface area (Å²) in [7, 11) is 0. The summed E-state index contributed by atoms with van der Waals surface area (Å²) in [6, 6.07) is 0. The molecule has 0 saturated heterocycles. The van der Waals surface area contributed by atoms with Gasteiger partial charge in [-0.05, 0) is 66.6 Å². The van der Waals surface area contributed by atoms with Crippen LogP contribution in [-0.2, 0) is 4.79 Å². The maximum absolute atomic E-state index is 12.5. The maximum Gasteiger partial charge on any atom is 0.140 e. The largest absolute Gasteiger partial charge is 0.396 e. The topological polar surface area (TPSA) is 37.3 Å². The first kappa shape index (κ1) is 14.9. The van der Waals surface area contributed by atoms with Crippen molar-refractivity contribution >= 4 is 5.78 Å². The molecule has 0 aromatic heterocycles. The molecule has 2 heteroatoms. The molecule has 0 aliphatic heterocycles. The average molecular weight is 302 g/mol. The van der Waals surface area contributed by atoms with E-state index in [4.69, 9.17) is 0 Å². The summed E-state index contributed by atoms with van der Waals surface area (Å²) >= 11 is 0. The minimum absolute atomic E-state index is 0.0896. The van der Waals surface area contributed by atoms with E-state index in [0.29, 0.717) is 29.6 Å². The standard InChI is InChI=1S/C20H30O2/c1-13-11-20-10-7-15-18(2,12-21)8-4-9-19(15,3)16(20)6-5-14(22)17(13)20/h15-17,21H,1,4-12H2,2-3H3/t15-,16?,17?,18?,19?,20-/m1/s1. The smallest absolute Gasteiger partial charge is 0.140 e. The third-order valence-electron chi connectivity index (χ3n) is 8.39. The summed E-state index contributed by atoms with van der Waals surface area (Å²) in [5.74, 6) is 1.93. The van der Waals surface area contributed by atoms with Gasteiger partial charge in [0.1, 0.15) is 5.78 Å². The third kappa shape index (κ3) is 1.58. The van der Waals surface area contributed by atoms with E-state index in [9.17, 15) is 9.90 Å². The quantitative estimate of drug-likeness (QED) is 0.740. The first-order chi connectivity index (χ1) is 10.4. The van der Waals surface area contributed by atoms with E-state index >= 15 is 0 Å². The Morgan fingerprint density at radius 3 is 2.64 bits per heavy atom. The van der Waals surface area contributed by atoms with Gasteiger partial charge in [-0.3, -0.25) is 4.79 Å². The lowest BCUT2D eigenvalue weighted by atomic mass is 9.34. The zero-order chi connectivity index (χ0) is 15.8. The number of hydrogen-bond acceptors (Lipinski definition) is 2. The van der Waals surface area contributed by atoms with Crippen LogP contribution >= 0.6 is 0 Å². The molecule has 4 aliphatic carbocycles. The van der Waals surface area contributed by atoms with Crippen LogP contribution in [0.15, 0.2) is 12.2 Å². The van der Waals surface area contributed by atoms with Crippen LogP contribution in [0.25, 0.3) is 0 Å². The number of ketones is 1. The molecular formula is C20H30O2. The van der Waals surface area contributed by atoms with E-state index in [1.807, 2.05) is 0 Å². The highest BCUT2D eigenvalue weighted by molar-refractivity contribution is 5.87. The lowest BCUT2D eigenvalue weighted by molar-refractivity contribution is -0.194. The SMILES string of the molecule is C=C1C[C@]23CC[C@@H]4C(C)(CO)CCCC4(C)C2CCC(=O)C13. The van der Waals surface area contributed by atoms with E-state index in [2.05, 4.69) is 20.4 Å². The van der Waals surface area contributed by atoms with Gasteiger partial charge in [0.05, 0.1) is 0 Å². The Balaban J connectivity index is 1.75. The van der Waals surface area contributed by atoms with Gasteiger partial charge < -0.3 is 5.11 Å². The zero-order valence-electron chi connectivity index (χ0n) is 14.2. The summed E-state index contributed by atoms with van der Waals surface area (Å²) in [4.78, 5) is 12.5. The number of aliphatic hydroxyl groups excluding tert-OH is 1. The van der Waals surface area contributed by atoms with Crippen molar-refractivity contribution in [3.63, 3.8) is 0 Å². The Morgan fingerprint density at radius 1 is 1.18 bits per heavy atom. The predicted octanol–water partition coefficient (Wildman–Crippen LogP) is 4.13. The highest BCUT2D eigenvalue weighted by Gasteiger charge is 2.68. The Labute approximate surface area is 134 Å². The molecule has 4 saturated carbocycles. The van der Waals surface area contributed by atoms with Crippen molar-refractivity contribution in [3.8, 4) is 0 Å². The van der Waals surface area contributed by atoms with Crippen molar-refractivity contribution in [2.45, 2.75) is 65.2 Å². The Kier molecular flexibility index (Phi) is 3.03. The summed E-state index contributed by atoms with van der Waals surface area (Å²) in [6.07, 6.45) is 8.99. The van der Waals surface area contributed by atoms with E-state index in [1.165, 1.54) is 37.7 Å². The molecule has 0 aromatic rings. The molecule has 4 fully saturated rings. The molecule has 0 bridgehead atoms. The van der Waals surface area contributed by atoms with E-state index in [-0.39, 0.29) is 16.7 Å². The van der Waals surface area contributed by atoms with Crippen LogP contribution in [-0.4, -0.2) is 17.5 Å². The minimum Gasteiger partial charge on any atom is -0.396 e. The van der Waals surface area contributed by atoms with Gasteiger partial charge in [0, 0.05) is 18.9 Å². The molecule has 2 nitrogen and oxygen atoms in total. The van der Waals surface area contributed by atoms with Gasteiger partial charge >= 0.3 is 0 Å². The van der Waals surface area contributed by atoms with Gasteiger partial charge in [-0.15, -0.1) is 0 Å². The molecule has 22 heavy (non-hydrogen) atoms. The molecule has 1 N–H and O–H groups in total. The van der Waals surface area contributed by atoms with E-state index < -0.39 is 0 Å². The normalized spacial score (nSPS) is 54.0. The van der Waals surface area contributed by atoms with Crippen LogP contribution < -0.4 is 0 Å². The highest BCUT2D eigenvalue weighted by Crippen LogP contribution is 2.73. The van der Waals surface area contributed by atoms with Crippen LogP contribution in [0.3, 0.4) is 0 Å². The summed E-state index contributed by atoms with van der Waals surface area (Å²) in [6.45, 7) is 9.31. The second-order valence-electron chi connectivity index (χ2n) is 9.32. The number of aliphatic hydroxyl groups is 1. The molecule has 122 valence electrons. The molecule has 4 unspecified atom stereocenters. The fourth-order valence-corrected chi connectivity index (χ4v) is 7.60. The van der Waals surface area contributed by atoms with Crippen LogP contribution in [0, 0.1) is 34.0 Å². The molecule has 0 radical (unpaired) electrons. The molecule has 0 amide bonds. The van der Waals surface area contributed by atoms with Crippen molar-refractivity contribution in [2.75, 3.05) is 6.61 Å². The van der Waals surface area contributed by atoms with E-state index in [0.717, 1.165) is 19.3 Å². The number of rotatable bonds is 1. The van der Waals surface area contributed by atoms with Crippen LogP contribution in [0.1, 0.15) is 65.2 Å². The number of fused-ring (bicyclic) bond motifs is 2. The summed E-state index contributed by atoms with van der Waals surface area (Å²) in [5.41, 5.74) is 1.85. The monoisotopic (exact) mass is 302 g/mol. The lowest BCUT2D eigenvalue weighted by Crippen LogP contribution is -2.65. The number of carbonyl (C=O) groups excluding carboxylic acids is 1. The maximum atomic E-state index is 12.5. The second kappa shape index (κ2) is 4.47. The van der Waals surface area contributed by atoms with Crippen molar-refractivity contribution in [2.24, 2.45) is 34.0 Å². The molecule has 6 atom stereocenters. The van der Waals surface area contributed by atoms with Gasteiger partial charge in [0.15, 0.2) is 0 Å². The first-order valence-corrected chi connectivity index (χ1v) is 9.19. The second-order valence-corrected chi connectivity index (χ2v) is 9.32. The molecule has 4 aliphatic rings. The van der Waals surface area contributed by atoms with Crippen molar-refractivity contribution in [3.05, 3.63) is 12.2 Å². The molecule has 4 rings (SSSR count). The third-order valence-corrected chi connectivity index (χ3v) is 8.39. The number of allylic oxidation sites excluding steroid dienone is 1. The molecule has 0 heterocycles. The lowest BCUT2D eigenvalue weighted by Gasteiger charge is -2.70. The Morgan fingerprint density at radius 2 is 1.95 bits per heavy atom. The van der Waals surface area contributed by atoms with Crippen molar-refractivity contribution in [1.82, 2.24) is 0 Å². The minimum atomic E-state index is 0.0896. The molecule has 0 aromatic carbocycles. The van der Waals surface area contributed by atoms with Crippen molar-refractivity contribution < 1.29 is 9.90 Å². The fraction of sp³-hybridized carbons (Fsp3) is 0.850. The Hall–Kier alpha value is -0.630. The fourth-order valence-electron chi connectivity index (χ4n) is 7.60. The average Bonchev–Trinajstić information content (AvgIpc) is 2.45. The van der Waals surface area contributed by atoms with Crippen LogP contribution in [0.5, 0.6) is 0 Å². The van der Waals surface area contributed by atoms with Gasteiger partial charge in [-0.2, -0.15) is 0 Å². The van der Waals surface area contributed by atoms with Gasteiger partial charge in [-0.25, -0.2) is 0 Å². The number of carbonyl (C=O) groups is 1. The molecular weight excluding hydrogens is 272 g/mol. The van der Waals surface area contributed by atoms with Crippen LogP contribution in [0.2, 0.25) is 0 Å². The van der Waals surface area contributed by atoms with Gasteiger partial charge in [-0.1, -0.05) is 32.4 Å². The van der Waals surface area contributed by atoms with Crippen LogP contribution in [0.4, 0.5) is 0 Å². The first-order valence-electron chi connectivity index (χ1n) is 9.19. The highest BCUT2D eigenvalue weighted by atomic mass is 16.3. The molecule has 1 spiro atoms. The van der Waals surface area contributed by atoms with Gasteiger partial charge in [0.2, 0.25) is 0 Å². The summed E-state index contributed by atoms with van der Waals surface area (Å²) < 4.78 is 0. The Bertz CT molecular complexity index is 538. The summed E-state index contributed by atoms with van der Waals surface area (Å²) in [5, 5.41) is 10.0. The zero-order valence-corrected chi connectivity index (χ0v) is 14.2. The predicted molar refractivity (Wildman–Crippen MR) is 87.3 cm³/mol. The number of Topliss-reactive ketones (excluding diaryl/α,β-unsaturated/α-hetero) is 1.